The summed E-state index contributed by atoms with van der Waals surface area (Å²) < 4.78 is 44.8. The number of nitrogen functional groups attached to an aromatic ring is 1. The molecule has 5 rings (SSSR count). The topological polar surface area (TPSA) is 210 Å². The van der Waals surface area contributed by atoms with Crippen LogP contribution in [0, 0.1) is 17.2 Å². The van der Waals surface area contributed by atoms with Crippen molar-refractivity contribution in [3.8, 4) is 11.8 Å². The number of fused-ring (bicyclic) bond motifs is 1. The molecule has 252 valence electrons. The summed E-state index contributed by atoms with van der Waals surface area (Å²) in [4.78, 5) is 29.8. The van der Waals surface area contributed by atoms with Crippen LogP contribution in [0.25, 0.3) is 5.52 Å². The number of anilines is 1. The van der Waals surface area contributed by atoms with Crippen LogP contribution in [-0.2, 0) is 38.5 Å². The largest absolute Gasteiger partial charge is 0.461 e. The van der Waals surface area contributed by atoms with E-state index in [1.807, 2.05) is 6.07 Å². The van der Waals surface area contributed by atoms with Crippen LogP contribution in [0.3, 0.4) is 0 Å². The first kappa shape index (κ1) is 34.3. The maximum Gasteiger partial charge on any atom is 0.459 e. The molecule has 0 radical (unpaired) electrons. The van der Waals surface area contributed by atoms with Crippen molar-refractivity contribution in [1.29, 1.82) is 5.26 Å². The maximum absolute atomic E-state index is 14.3. The number of aliphatic hydroxyl groups is 1. The minimum atomic E-state index is -4.40. The molecule has 0 bridgehead atoms. The highest BCUT2D eigenvalue weighted by atomic mass is 31.2. The fraction of sp³-hybridized carbons (Fsp3) is 0.516. The highest BCUT2D eigenvalue weighted by molar-refractivity contribution is 7.52. The number of nitrogens with two attached hydrogens (primary N) is 1. The Balaban J connectivity index is 1.47. The molecule has 0 amide bonds. The molecule has 3 aromatic rings. The Morgan fingerprint density at radius 3 is 2.53 bits per heavy atom. The average molecular weight is 671 g/mol. The highest BCUT2D eigenvalue weighted by Crippen LogP contribution is 2.51. The van der Waals surface area contributed by atoms with Crippen LogP contribution < -0.4 is 15.3 Å². The molecule has 6 atom stereocenters. The Morgan fingerprint density at radius 2 is 1.87 bits per heavy atom. The lowest BCUT2D eigenvalue weighted by atomic mass is 9.80. The van der Waals surface area contributed by atoms with Gasteiger partial charge in [0.2, 0.25) is 5.60 Å². The van der Waals surface area contributed by atoms with E-state index in [2.05, 4.69) is 15.2 Å². The van der Waals surface area contributed by atoms with E-state index in [9.17, 15) is 24.5 Å². The Labute approximate surface area is 271 Å². The van der Waals surface area contributed by atoms with Crippen LogP contribution >= 0.6 is 7.75 Å². The Hall–Kier alpha value is -4.06. The minimum Gasteiger partial charge on any atom is -0.461 e. The van der Waals surface area contributed by atoms with Crippen molar-refractivity contribution in [2.45, 2.75) is 88.9 Å². The first-order valence-electron chi connectivity index (χ1n) is 15.4. The summed E-state index contributed by atoms with van der Waals surface area (Å²) in [7, 11) is -4.40. The van der Waals surface area contributed by atoms with E-state index in [4.69, 9.17) is 29.0 Å². The van der Waals surface area contributed by atoms with E-state index in [1.54, 1.807) is 50.2 Å². The van der Waals surface area contributed by atoms with E-state index in [0.29, 0.717) is 5.52 Å². The summed E-state index contributed by atoms with van der Waals surface area (Å²) in [5.74, 6) is -1.64. The van der Waals surface area contributed by atoms with Gasteiger partial charge in [0.15, 0.2) is 11.9 Å². The van der Waals surface area contributed by atoms with Gasteiger partial charge in [-0.15, -0.1) is 0 Å². The number of esters is 2. The lowest BCUT2D eigenvalue weighted by Gasteiger charge is -2.34. The number of hydrogen-bond donors (Lipinski definition) is 3. The normalized spacial score (nSPS) is 26.5. The van der Waals surface area contributed by atoms with Crippen LogP contribution in [0.2, 0.25) is 0 Å². The van der Waals surface area contributed by atoms with Crippen molar-refractivity contribution in [1.82, 2.24) is 19.7 Å². The van der Waals surface area contributed by atoms with Gasteiger partial charge < -0.3 is 29.6 Å². The molecule has 2 aromatic heterocycles. The number of rotatable bonds is 12. The van der Waals surface area contributed by atoms with Crippen molar-refractivity contribution in [2.24, 2.45) is 5.92 Å². The first-order valence-corrected chi connectivity index (χ1v) is 16.9. The highest BCUT2D eigenvalue weighted by Gasteiger charge is 2.67. The molecule has 1 aliphatic heterocycles. The zero-order valence-electron chi connectivity index (χ0n) is 26.6. The quantitative estimate of drug-likeness (QED) is 0.186. The lowest BCUT2D eigenvalue weighted by molar-refractivity contribution is -0.168. The summed E-state index contributed by atoms with van der Waals surface area (Å²) in [6.07, 6.45) is 1.49. The summed E-state index contributed by atoms with van der Waals surface area (Å²) >= 11 is 0. The van der Waals surface area contributed by atoms with Crippen LogP contribution in [0.1, 0.15) is 59.1 Å². The second-order valence-corrected chi connectivity index (χ2v) is 13.9. The average Bonchev–Trinajstić information content (AvgIpc) is 3.75. The number of nitriles is 1. The fourth-order valence-electron chi connectivity index (χ4n) is 5.72. The van der Waals surface area contributed by atoms with Crippen molar-refractivity contribution in [3.63, 3.8) is 0 Å². The van der Waals surface area contributed by atoms with Gasteiger partial charge in [0.05, 0.1) is 18.2 Å². The number of para-hydroxylation sites is 1. The molecule has 1 aromatic carbocycles. The number of aromatic nitrogens is 3. The maximum atomic E-state index is 14.3. The van der Waals surface area contributed by atoms with Crippen LogP contribution in [0.15, 0.2) is 48.8 Å². The molecule has 15 nitrogen and oxygen atoms in total. The molecule has 1 aliphatic carbocycles. The SMILES string of the molecule is CC(C)C(=O)O[C@@H]1[C@@H](CO[P@](=O)(N[C@@H](C)C(=O)OC2CCCC2)Oc2ccccc2)O[C@@](C#N)(c2ccc3c(N)ncnn23)[C@]1(C)O. The van der Waals surface area contributed by atoms with Crippen molar-refractivity contribution >= 4 is 31.0 Å². The predicted octanol–water partition coefficient (Wildman–Crippen LogP) is 3.42. The molecule has 0 unspecified atom stereocenters. The number of benzene rings is 1. The minimum absolute atomic E-state index is 0.0762. The molecule has 16 heteroatoms. The van der Waals surface area contributed by atoms with E-state index in [1.165, 1.54) is 30.8 Å². The fourth-order valence-corrected chi connectivity index (χ4v) is 7.23. The van der Waals surface area contributed by atoms with E-state index >= 15 is 0 Å². The van der Waals surface area contributed by atoms with Gasteiger partial charge in [0.1, 0.15) is 47.5 Å². The molecule has 47 heavy (non-hydrogen) atoms. The molecular weight excluding hydrogens is 631 g/mol. The van der Waals surface area contributed by atoms with Crippen LogP contribution in [-0.4, -0.2) is 68.2 Å². The summed E-state index contributed by atoms with van der Waals surface area (Å²) in [6, 6.07) is 12.1. The molecule has 2 aliphatic rings. The second-order valence-electron chi connectivity index (χ2n) is 12.2. The molecule has 1 saturated heterocycles. The number of nitrogens with zero attached hydrogens (tertiary/aromatic N) is 4. The second kappa shape index (κ2) is 13.6. The Morgan fingerprint density at radius 1 is 1.17 bits per heavy atom. The first-order chi connectivity index (χ1) is 22.3. The smallest absolute Gasteiger partial charge is 0.459 e. The third-order valence-corrected chi connectivity index (χ3v) is 9.96. The van der Waals surface area contributed by atoms with Crippen LogP contribution in [0.5, 0.6) is 5.75 Å². The van der Waals surface area contributed by atoms with Gasteiger partial charge in [-0.2, -0.15) is 15.4 Å². The third kappa shape index (κ3) is 6.83. The lowest BCUT2D eigenvalue weighted by Crippen LogP contribution is -2.54. The number of ether oxygens (including phenoxy) is 3. The standard InChI is InChI=1S/C31H39N6O9P/c1-19(2)28(38)44-26-24(45-31(17-32,30(26,4)40)25-15-14-23-27(33)34-18-35-37(23)25)16-42-47(41,46-22-12-6-5-7-13-22)36-20(3)29(39)43-21-10-8-9-11-21/h5-7,12-15,18-21,24,26,40H,8-11,16H2,1-4H3,(H,36,41)(H2,33,34,35)/t20-,24+,26+,30+,31-,47+/m0/s1. The third-order valence-electron chi connectivity index (χ3n) is 8.31. The molecule has 3 heterocycles. The molecule has 4 N–H and O–H groups in total. The molecule has 0 spiro atoms. The number of hydrogen-bond acceptors (Lipinski definition) is 13. The van der Waals surface area contributed by atoms with E-state index in [0.717, 1.165) is 25.7 Å². The zero-order chi connectivity index (χ0) is 34.0. The zero-order valence-corrected chi connectivity index (χ0v) is 27.5. The van der Waals surface area contributed by atoms with Crippen LogP contribution in [0.4, 0.5) is 5.82 Å². The van der Waals surface area contributed by atoms with E-state index < -0.39 is 61.7 Å². The predicted molar refractivity (Wildman–Crippen MR) is 166 cm³/mol. The Kier molecular flexibility index (Phi) is 9.91. The van der Waals surface area contributed by atoms with Gasteiger partial charge >= 0.3 is 19.7 Å². The van der Waals surface area contributed by atoms with Crippen molar-refractivity contribution in [3.05, 3.63) is 54.5 Å². The molecular formula is C31H39N6O9P. The van der Waals surface area contributed by atoms with Gasteiger partial charge in [-0.3, -0.25) is 14.1 Å². The van der Waals surface area contributed by atoms with Gasteiger partial charge in [-0.1, -0.05) is 32.0 Å². The number of carbonyl (C=O) groups excluding carboxylic acids is 2. The summed E-state index contributed by atoms with van der Waals surface area (Å²) in [5.41, 5.74) is 2.03. The van der Waals surface area contributed by atoms with Gasteiger partial charge in [-0.25, -0.2) is 14.1 Å². The number of carbonyl (C=O) groups is 2. The van der Waals surface area contributed by atoms with Gasteiger partial charge in [0, 0.05) is 0 Å². The van der Waals surface area contributed by atoms with Gasteiger partial charge in [0.25, 0.3) is 0 Å². The summed E-state index contributed by atoms with van der Waals surface area (Å²) in [6.45, 7) is 5.36. The van der Waals surface area contributed by atoms with Gasteiger partial charge in [-0.05, 0) is 63.8 Å². The van der Waals surface area contributed by atoms with E-state index in [-0.39, 0.29) is 23.4 Å². The molecule has 2 fully saturated rings. The van der Waals surface area contributed by atoms with Crippen molar-refractivity contribution < 1.29 is 42.5 Å². The summed E-state index contributed by atoms with van der Waals surface area (Å²) in [5, 5.41) is 29.5. The Bertz CT molecular complexity index is 1690. The van der Waals surface area contributed by atoms with Crippen molar-refractivity contribution in [2.75, 3.05) is 12.3 Å². The molecule has 1 saturated carbocycles. The number of nitrogens with one attached hydrogen (secondary N) is 1. The monoisotopic (exact) mass is 670 g/mol.